The SMILES string of the molecule is CC(O)CNCC[C@@H](C(=O)N1CCN(c2ncnc3c2[C@H](C)C[C@H]3O)CC1)c1ccc(Cl)cc1. The molecule has 0 bridgehead atoms. The zero-order valence-electron chi connectivity index (χ0n) is 19.8. The van der Waals surface area contributed by atoms with E-state index in [4.69, 9.17) is 11.6 Å². The van der Waals surface area contributed by atoms with Crippen molar-refractivity contribution < 1.29 is 15.0 Å². The molecule has 4 atom stereocenters. The number of aliphatic hydroxyl groups excluding tert-OH is 2. The second kappa shape index (κ2) is 11.0. The molecule has 0 radical (unpaired) electrons. The van der Waals surface area contributed by atoms with Gasteiger partial charge in [-0.3, -0.25) is 4.79 Å². The maximum atomic E-state index is 13.6. The van der Waals surface area contributed by atoms with Crippen LogP contribution in [0.4, 0.5) is 5.82 Å². The van der Waals surface area contributed by atoms with Gasteiger partial charge in [-0.05, 0) is 49.9 Å². The average molecular weight is 488 g/mol. The van der Waals surface area contributed by atoms with Crippen molar-refractivity contribution in [2.24, 2.45) is 0 Å². The van der Waals surface area contributed by atoms with E-state index in [0.717, 1.165) is 22.6 Å². The number of anilines is 1. The minimum absolute atomic E-state index is 0.109. The summed E-state index contributed by atoms with van der Waals surface area (Å²) in [5.41, 5.74) is 2.73. The number of piperazine rings is 1. The number of rotatable bonds is 8. The molecule has 3 N–H and O–H groups in total. The fraction of sp³-hybridized carbons (Fsp3) is 0.560. The van der Waals surface area contributed by atoms with Gasteiger partial charge < -0.3 is 25.3 Å². The Morgan fingerprint density at radius 3 is 2.59 bits per heavy atom. The molecule has 1 unspecified atom stereocenters. The Balaban J connectivity index is 1.43. The van der Waals surface area contributed by atoms with Crippen LogP contribution >= 0.6 is 11.6 Å². The number of halogens is 1. The van der Waals surface area contributed by atoms with Crippen molar-refractivity contribution in [2.45, 2.75) is 50.7 Å². The van der Waals surface area contributed by atoms with Crippen molar-refractivity contribution in [3.8, 4) is 0 Å². The lowest BCUT2D eigenvalue weighted by Gasteiger charge is -2.38. The number of hydrogen-bond donors (Lipinski definition) is 3. The molecule has 8 nitrogen and oxygen atoms in total. The standard InChI is InChI=1S/C25H34ClN5O3/c1-16-13-21(33)23-22(16)24(29-15-28-23)30-9-11-31(12-10-30)25(34)20(7-8-27-14-17(2)32)18-3-5-19(26)6-4-18/h3-6,15-17,20-21,27,32-33H,7-14H2,1-2H3/t16-,17?,20-,21-/m1/s1. The Kier molecular flexibility index (Phi) is 8.03. The van der Waals surface area contributed by atoms with Gasteiger partial charge >= 0.3 is 0 Å². The Hall–Kier alpha value is -2.26. The number of aliphatic hydroxyl groups is 2. The number of benzene rings is 1. The van der Waals surface area contributed by atoms with Crippen LogP contribution in [0.5, 0.6) is 0 Å². The first-order chi connectivity index (χ1) is 16.3. The zero-order chi connectivity index (χ0) is 24.2. The van der Waals surface area contributed by atoms with E-state index in [9.17, 15) is 15.0 Å². The molecule has 1 aliphatic heterocycles. The summed E-state index contributed by atoms with van der Waals surface area (Å²) >= 11 is 6.07. The maximum Gasteiger partial charge on any atom is 0.230 e. The van der Waals surface area contributed by atoms with Crippen molar-refractivity contribution >= 4 is 23.3 Å². The molecule has 34 heavy (non-hydrogen) atoms. The molecule has 1 fully saturated rings. The van der Waals surface area contributed by atoms with Gasteiger partial charge in [0, 0.05) is 43.3 Å². The van der Waals surface area contributed by atoms with Crippen molar-refractivity contribution in [1.82, 2.24) is 20.2 Å². The van der Waals surface area contributed by atoms with E-state index in [2.05, 4.69) is 27.1 Å². The number of aromatic nitrogens is 2. The molecule has 1 aromatic carbocycles. The van der Waals surface area contributed by atoms with Crippen LogP contribution < -0.4 is 10.2 Å². The van der Waals surface area contributed by atoms with E-state index in [1.807, 2.05) is 29.2 Å². The quantitative estimate of drug-likeness (QED) is 0.491. The molecule has 2 heterocycles. The van der Waals surface area contributed by atoms with Crippen LogP contribution in [0.15, 0.2) is 30.6 Å². The first-order valence-corrected chi connectivity index (χ1v) is 12.4. The van der Waals surface area contributed by atoms with E-state index >= 15 is 0 Å². The normalized spacial score (nSPS) is 21.9. The highest BCUT2D eigenvalue weighted by molar-refractivity contribution is 6.30. The lowest BCUT2D eigenvalue weighted by atomic mass is 9.93. The van der Waals surface area contributed by atoms with Gasteiger partial charge in [0.1, 0.15) is 12.1 Å². The van der Waals surface area contributed by atoms with Crippen LogP contribution in [-0.2, 0) is 4.79 Å². The molecule has 4 rings (SSSR count). The van der Waals surface area contributed by atoms with Crippen LogP contribution in [0.3, 0.4) is 0 Å². The summed E-state index contributed by atoms with van der Waals surface area (Å²) in [5, 5.41) is 23.7. The first-order valence-electron chi connectivity index (χ1n) is 12.1. The third kappa shape index (κ3) is 5.51. The van der Waals surface area contributed by atoms with Crippen molar-refractivity contribution in [3.05, 3.63) is 52.4 Å². The third-order valence-corrected chi connectivity index (χ3v) is 7.04. The average Bonchev–Trinajstić information content (AvgIpc) is 3.13. The molecule has 184 valence electrons. The van der Waals surface area contributed by atoms with Crippen LogP contribution in [0, 0.1) is 0 Å². The molecule has 1 aromatic heterocycles. The number of nitrogens with zero attached hydrogens (tertiary/aromatic N) is 4. The highest BCUT2D eigenvalue weighted by Gasteiger charge is 2.35. The number of hydrogen-bond acceptors (Lipinski definition) is 7. The van der Waals surface area contributed by atoms with Crippen LogP contribution in [0.25, 0.3) is 0 Å². The predicted molar refractivity (Wildman–Crippen MR) is 132 cm³/mol. The summed E-state index contributed by atoms with van der Waals surface area (Å²) in [6, 6.07) is 7.49. The number of nitrogens with one attached hydrogen (secondary N) is 1. The molecule has 1 aliphatic carbocycles. The molecule has 1 amide bonds. The lowest BCUT2D eigenvalue weighted by molar-refractivity contribution is -0.133. The van der Waals surface area contributed by atoms with E-state index in [1.165, 1.54) is 6.33 Å². The summed E-state index contributed by atoms with van der Waals surface area (Å²) in [5.74, 6) is 0.934. The summed E-state index contributed by atoms with van der Waals surface area (Å²) in [4.78, 5) is 26.6. The van der Waals surface area contributed by atoms with Crippen molar-refractivity contribution in [2.75, 3.05) is 44.2 Å². The van der Waals surface area contributed by atoms with Gasteiger partial charge in [0.2, 0.25) is 5.91 Å². The highest BCUT2D eigenvalue weighted by atomic mass is 35.5. The molecule has 9 heteroatoms. The molecule has 0 saturated carbocycles. The number of carbonyl (C=O) groups excluding carboxylic acids is 1. The van der Waals surface area contributed by atoms with Gasteiger partial charge in [-0.15, -0.1) is 0 Å². The fourth-order valence-electron chi connectivity index (χ4n) is 5.00. The van der Waals surface area contributed by atoms with Crippen molar-refractivity contribution in [1.29, 1.82) is 0 Å². The molecule has 1 saturated heterocycles. The van der Waals surface area contributed by atoms with E-state index in [0.29, 0.717) is 57.1 Å². The predicted octanol–water partition coefficient (Wildman–Crippen LogP) is 2.46. The maximum absolute atomic E-state index is 13.6. The first kappa shape index (κ1) is 24.9. The van der Waals surface area contributed by atoms with Crippen LogP contribution in [-0.4, -0.2) is 76.4 Å². The monoisotopic (exact) mass is 487 g/mol. The number of carbonyl (C=O) groups is 1. The van der Waals surface area contributed by atoms with E-state index in [-0.39, 0.29) is 17.7 Å². The van der Waals surface area contributed by atoms with Crippen LogP contribution in [0.1, 0.15) is 61.4 Å². The number of amides is 1. The molecule has 0 spiro atoms. The Labute approximate surface area is 206 Å². The number of fused-ring (bicyclic) bond motifs is 1. The minimum atomic E-state index is -0.530. The lowest BCUT2D eigenvalue weighted by Crippen LogP contribution is -2.50. The van der Waals surface area contributed by atoms with Gasteiger partial charge in [0.25, 0.3) is 0 Å². The smallest absolute Gasteiger partial charge is 0.230 e. The zero-order valence-corrected chi connectivity index (χ0v) is 20.6. The van der Waals surface area contributed by atoms with E-state index < -0.39 is 12.2 Å². The largest absolute Gasteiger partial charge is 0.392 e. The van der Waals surface area contributed by atoms with Crippen LogP contribution in [0.2, 0.25) is 5.02 Å². The van der Waals surface area contributed by atoms with Gasteiger partial charge in [-0.1, -0.05) is 30.7 Å². The second-order valence-corrected chi connectivity index (χ2v) is 9.84. The van der Waals surface area contributed by atoms with Gasteiger partial charge in [-0.2, -0.15) is 0 Å². The van der Waals surface area contributed by atoms with E-state index in [1.54, 1.807) is 6.92 Å². The summed E-state index contributed by atoms with van der Waals surface area (Å²) in [6.45, 7) is 7.57. The fourth-order valence-corrected chi connectivity index (χ4v) is 5.12. The Bertz CT molecular complexity index is 979. The van der Waals surface area contributed by atoms with Gasteiger partial charge in [-0.25, -0.2) is 9.97 Å². The Morgan fingerprint density at radius 2 is 1.91 bits per heavy atom. The molecular weight excluding hydrogens is 454 g/mol. The second-order valence-electron chi connectivity index (χ2n) is 9.41. The van der Waals surface area contributed by atoms with Gasteiger partial charge in [0.05, 0.1) is 23.8 Å². The molecular formula is C25H34ClN5O3. The highest BCUT2D eigenvalue weighted by Crippen LogP contribution is 2.42. The molecule has 2 aromatic rings. The van der Waals surface area contributed by atoms with Gasteiger partial charge in [0.15, 0.2) is 0 Å². The minimum Gasteiger partial charge on any atom is -0.392 e. The van der Waals surface area contributed by atoms with Crippen molar-refractivity contribution in [3.63, 3.8) is 0 Å². The topological polar surface area (TPSA) is 102 Å². The Morgan fingerprint density at radius 1 is 1.21 bits per heavy atom. The summed E-state index contributed by atoms with van der Waals surface area (Å²) in [7, 11) is 0. The molecule has 2 aliphatic rings. The summed E-state index contributed by atoms with van der Waals surface area (Å²) in [6.07, 6.45) is 1.89. The summed E-state index contributed by atoms with van der Waals surface area (Å²) < 4.78 is 0. The third-order valence-electron chi connectivity index (χ3n) is 6.79.